The topological polar surface area (TPSA) is 15.3 Å². The van der Waals surface area contributed by atoms with E-state index < -0.39 is 11.8 Å². The first-order valence-electron chi connectivity index (χ1n) is 6.88. The Bertz CT molecular complexity index is 232. The van der Waals surface area contributed by atoms with Gasteiger partial charge in [0.2, 0.25) is 0 Å². The zero-order chi connectivity index (χ0) is 12.3. The van der Waals surface area contributed by atoms with Crippen molar-refractivity contribution >= 4 is 0 Å². The Kier molecular flexibility index (Phi) is 4.36. The van der Waals surface area contributed by atoms with Crippen molar-refractivity contribution in [1.82, 2.24) is 10.2 Å². The van der Waals surface area contributed by atoms with Gasteiger partial charge in [-0.15, -0.1) is 0 Å². The summed E-state index contributed by atoms with van der Waals surface area (Å²) in [6.45, 7) is 2.55. The number of hydrogen-bond donors (Lipinski definition) is 1. The van der Waals surface area contributed by atoms with Crippen LogP contribution in [0, 0.1) is 5.92 Å². The quantitative estimate of drug-likeness (QED) is 0.823. The van der Waals surface area contributed by atoms with E-state index in [9.17, 15) is 8.78 Å². The second kappa shape index (κ2) is 5.61. The van der Waals surface area contributed by atoms with E-state index in [2.05, 4.69) is 10.2 Å². The number of nitrogens with zero attached hydrogens (tertiary/aromatic N) is 1. The Hall–Kier alpha value is -0.220. The third kappa shape index (κ3) is 3.62. The van der Waals surface area contributed by atoms with Crippen LogP contribution in [0.1, 0.15) is 38.5 Å². The van der Waals surface area contributed by atoms with Gasteiger partial charge in [0.1, 0.15) is 0 Å². The first-order chi connectivity index (χ1) is 8.08. The number of hydrogen-bond acceptors (Lipinski definition) is 2. The number of piperidine rings is 2. The lowest BCUT2D eigenvalue weighted by Gasteiger charge is -2.36. The summed E-state index contributed by atoms with van der Waals surface area (Å²) < 4.78 is 28.3. The fourth-order valence-corrected chi connectivity index (χ4v) is 3.02. The molecule has 100 valence electrons. The molecule has 0 aromatic rings. The molecular formula is C13H24F2N2. The molecule has 0 radical (unpaired) electrons. The van der Waals surface area contributed by atoms with Crippen LogP contribution in [0.3, 0.4) is 0 Å². The van der Waals surface area contributed by atoms with Gasteiger partial charge >= 0.3 is 0 Å². The third-order valence-corrected chi connectivity index (χ3v) is 4.25. The summed E-state index contributed by atoms with van der Waals surface area (Å²) in [4.78, 5) is 2.14. The van der Waals surface area contributed by atoms with E-state index in [1.807, 2.05) is 7.05 Å². The maximum Gasteiger partial charge on any atom is 0.252 e. The van der Waals surface area contributed by atoms with Crippen LogP contribution in [0.2, 0.25) is 0 Å². The van der Waals surface area contributed by atoms with E-state index >= 15 is 0 Å². The van der Waals surface area contributed by atoms with Crippen molar-refractivity contribution in [2.45, 2.75) is 50.5 Å². The van der Waals surface area contributed by atoms with Gasteiger partial charge in [0.15, 0.2) is 0 Å². The van der Waals surface area contributed by atoms with Crippen LogP contribution in [-0.4, -0.2) is 43.5 Å². The molecule has 0 saturated carbocycles. The minimum atomic E-state index is -2.48. The minimum Gasteiger partial charge on any atom is -0.314 e. The first-order valence-corrected chi connectivity index (χ1v) is 6.88. The zero-order valence-electron chi connectivity index (χ0n) is 10.7. The second-order valence-electron chi connectivity index (χ2n) is 5.69. The molecule has 0 bridgehead atoms. The third-order valence-electron chi connectivity index (χ3n) is 4.25. The second-order valence-corrected chi connectivity index (χ2v) is 5.69. The van der Waals surface area contributed by atoms with Crippen LogP contribution < -0.4 is 5.32 Å². The number of halogens is 2. The van der Waals surface area contributed by atoms with Crippen molar-refractivity contribution in [1.29, 1.82) is 0 Å². The van der Waals surface area contributed by atoms with Crippen LogP contribution >= 0.6 is 0 Å². The van der Waals surface area contributed by atoms with Gasteiger partial charge in [-0.05, 0) is 52.4 Å². The number of rotatable bonds is 3. The zero-order valence-corrected chi connectivity index (χ0v) is 10.7. The molecule has 2 heterocycles. The summed E-state index contributed by atoms with van der Waals surface area (Å²) in [6, 6.07) is 0.0402. The smallest absolute Gasteiger partial charge is 0.252 e. The van der Waals surface area contributed by atoms with Gasteiger partial charge in [-0.1, -0.05) is 6.42 Å². The van der Waals surface area contributed by atoms with Crippen molar-refractivity contribution < 1.29 is 8.78 Å². The molecule has 2 rings (SSSR count). The molecule has 0 spiro atoms. The highest BCUT2D eigenvalue weighted by Gasteiger charge is 2.42. The van der Waals surface area contributed by atoms with Crippen LogP contribution in [-0.2, 0) is 0 Å². The standard InChI is InChI=1S/C13H24F2N2/c1-17-8-5-11(6-9-17)13(14,15)10-12-4-2-3-7-16-12/h11-12,16H,2-10H2,1H3. The Morgan fingerprint density at radius 2 is 1.88 bits per heavy atom. The van der Waals surface area contributed by atoms with Crippen molar-refractivity contribution in [3.05, 3.63) is 0 Å². The Labute approximate surface area is 103 Å². The summed E-state index contributed by atoms with van der Waals surface area (Å²) in [5.74, 6) is -2.88. The molecular weight excluding hydrogens is 222 g/mol. The first kappa shape index (κ1) is 13.2. The molecule has 2 saturated heterocycles. The average molecular weight is 246 g/mol. The minimum absolute atomic E-state index is 0.0402. The Morgan fingerprint density at radius 1 is 1.18 bits per heavy atom. The van der Waals surface area contributed by atoms with Crippen LogP contribution in [0.25, 0.3) is 0 Å². The van der Waals surface area contributed by atoms with Gasteiger partial charge < -0.3 is 10.2 Å². The molecule has 0 aromatic carbocycles. The Morgan fingerprint density at radius 3 is 2.47 bits per heavy atom. The highest BCUT2D eigenvalue weighted by atomic mass is 19.3. The highest BCUT2D eigenvalue weighted by molar-refractivity contribution is 4.87. The van der Waals surface area contributed by atoms with E-state index in [1.54, 1.807) is 0 Å². The van der Waals surface area contributed by atoms with Gasteiger partial charge in [-0.3, -0.25) is 0 Å². The molecule has 0 aromatic heterocycles. The molecule has 4 heteroatoms. The van der Waals surface area contributed by atoms with Crippen molar-refractivity contribution in [2.75, 3.05) is 26.7 Å². The predicted octanol–water partition coefficient (Wildman–Crippen LogP) is 2.50. The Balaban J connectivity index is 1.84. The highest BCUT2D eigenvalue weighted by Crippen LogP contribution is 2.37. The van der Waals surface area contributed by atoms with E-state index in [1.165, 1.54) is 0 Å². The number of nitrogens with one attached hydrogen (secondary N) is 1. The normalized spacial score (nSPS) is 29.5. The maximum absolute atomic E-state index is 14.2. The lowest BCUT2D eigenvalue weighted by Crippen LogP contribution is -2.44. The SMILES string of the molecule is CN1CCC(C(F)(F)CC2CCCCN2)CC1. The monoisotopic (exact) mass is 246 g/mol. The van der Waals surface area contributed by atoms with Crippen molar-refractivity contribution in [3.63, 3.8) is 0 Å². The number of alkyl halides is 2. The molecule has 0 aliphatic carbocycles. The van der Waals surface area contributed by atoms with Crippen LogP contribution in [0.15, 0.2) is 0 Å². The van der Waals surface area contributed by atoms with E-state index in [-0.39, 0.29) is 12.5 Å². The lowest BCUT2D eigenvalue weighted by atomic mass is 9.85. The maximum atomic E-state index is 14.2. The molecule has 0 amide bonds. The molecule has 17 heavy (non-hydrogen) atoms. The summed E-state index contributed by atoms with van der Waals surface area (Å²) in [5.41, 5.74) is 0. The molecule has 1 N–H and O–H groups in total. The van der Waals surface area contributed by atoms with Crippen molar-refractivity contribution in [2.24, 2.45) is 5.92 Å². The van der Waals surface area contributed by atoms with Gasteiger partial charge in [0.05, 0.1) is 0 Å². The molecule has 2 nitrogen and oxygen atoms in total. The summed E-state index contributed by atoms with van der Waals surface area (Å²) >= 11 is 0. The molecule has 2 aliphatic rings. The van der Waals surface area contributed by atoms with Gasteiger partial charge in [-0.25, -0.2) is 8.78 Å². The fourth-order valence-electron chi connectivity index (χ4n) is 3.02. The van der Waals surface area contributed by atoms with Crippen molar-refractivity contribution in [3.8, 4) is 0 Å². The number of likely N-dealkylation sites (tertiary alicyclic amines) is 1. The van der Waals surface area contributed by atoms with E-state index in [4.69, 9.17) is 0 Å². The lowest BCUT2D eigenvalue weighted by molar-refractivity contribution is -0.0905. The van der Waals surface area contributed by atoms with Crippen LogP contribution in [0.4, 0.5) is 8.78 Å². The van der Waals surface area contributed by atoms with Crippen LogP contribution in [0.5, 0.6) is 0 Å². The predicted molar refractivity (Wildman–Crippen MR) is 65.4 cm³/mol. The summed E-state index contributed by atoms with van der Waals surface area (Å²) in [7, 11) is 2.01. The summed E-state index contributed by atoms with van der Waals surface area (Å²) in [5, 5.41) is 3.23. The van der Waals surface area contributed by atoms with Gasteiger partial charge in [0, 0.05) is 18.4 Å². The average Bonchev–Trinajstić information content (AvgIpc) is 2.30. The van der Waals surface area contributed by atoms with Gasteiger partial charge in [-0.2, -0.15) is 0 Å². The fraction of sp³-hybridized carbons (Fsp3) is 1.00. The molecule has 1 unspecified atom stereocenters. The molecule has 1 atom stereocenters. The van der Waals surface area contributed by atoms with Gasteiger partial charge in [0.25, 0.3) is 5.92 Å². The molecule has 2 aliphatic heterocycles. The summed E-state index contributed by atoms with van der Waals surface area (Å²) in [6.07, 6.45) is 4.49. The van der Waals surface area contributed by atoms with E-state index in [0.29, 0.717) is 12.8 Å². The molecule has 2 fully saturated rings. The van der Waals surface area contributed by atoms with E-state index in [0.717, 1.165) is 38.9 Å². The largest absolute Gasteiger partial charge is 0.314 e.